The molecule has 7 heteroatoms. The van der Waals surface area contributed by atoms with Gasteiger partial charge in [0, 0.05) is 37.8 Å². The Bertz CT molecular complexity index is 1240. The molecule has 2 aliphatic heterocycles. The van der Waals surface area contributed by atoms with E-state index >= 15 is 0 Å². The van der Waals surface area contributed by atoms with E-state index in [2.05, 4.69) is 33.6 Å². The molecule has 3 aromatic rings. The summed E-state index contributed by atoms with van der Waals surface area (Å²) in [6, 6.07) is 13.9. The van der Waals surface area contributed by atoms with Gasteiger partial charge in [-0.15, -0.1) is 0 Å². The topological polar surface area (TPSA) is 82.2 Å². The van der Waals surface area contributed by atoms with Crippen molar-refractivity contribution in [1.82, 2.24) is 25.2 Å². The molecule has 0 radical (unpaired) electrons. The Labute approximate surface area is 198 Å². The minimum Gasteiger partial charge on any atom is -0.339 e. The predicted octanol–water partition coefficient (Wildman–Crippen LogP) is 3.86. The number of likely N-dealkylation sites (tertiary alicyclic amines) is 2. The van der Waals surface area contributed by atoms with Gasteiger partial charge in [-0.3, -0.25) is 9.59 Å². The lowest BCUT2D eigenvalue weighted by Gasteiger charge is -2.21. The number of carbonyl (C=O) groups excluding carboxylic acids is 2. The molecule has 2 saturated heterocycles. The number of hydrogen-bond donors (Lipinski definition) is 1. The normalized spacial score (nSPS) is 22.8. The Kier molecular flexibility index (Phi) is 5.40. The van der Waals surface area contributed by atoms with Crippen molar-refractivity contribution in [3.05, 3.63) is 65.2 Å². The van der Waals surface area contributed by atoms with E-state index < -0.39 is 0 Å². The van der Waals surface area contributed by atoms with Crippen LogP contribution in [0.4, 0.5) is 0 Å². The van der Waals surface area contributed by atoms with E-state index in [0.717, 1.165) is 44.5 Å². The Morgan fingerprint density at radius 1 is 0.882 bits per heavy atom. The average molecular weight is 456 g/mol. The number of carbonyl (C=O) groups is 2. The third-order valence-electron chi connectivity index (χ3n) is 7.70. The highest BCUT2D eigenvalue weighted by molar-refractivity contribution is 5.97. The molecule has 2 aromatic carbocycles. The Hall–Kier alpha value is -3.48. The van der Waals surface area contributed by atoms with Crippen LogP contribution in [0.1, 0.15) is 53.1 Å². The molecule has 6 rings (SSSR count). The minimum absolute atomic E-state index is 0.0585. The molecule has 3 heterocycles. The van der Waals surface area contributed by atoms with Gasteiger partial charge in [-0.2, -0.15) is 15.4 Å². The molecule has 2 amide bonds. The standard InChI is InChI=1S/C27H29N5O2/c33-26(10-8-18-3-1-2-4-23(18)19-5-6-19)31-13-11-21-16-32(17-22(21)12-14-31)27(34)20-7-9-24-25(15-20)29-30-28-24/h1-4,7-10,15,19,21-22H,5-6,11-14,16-17H2,(H,28,29,30)/b10-8+/t21-,22+. The van der Waals surface area contributed by atoms with Crippen molar-refractivity contribution in [2.45, 2.75) is 31.6 Å². The van der Waals surface area contributed by atoms with E-state index in [9.17, 15) is 9.59 Å². The fraction of sp³-hybridized carbons (Fsp3) is 0.407. The molecule has 7 nitrogen and oxygen atoms in total. The first-order valence-electron chi connectivity index (χ1n) is 12.3. The molecule has 34 heavy (non-hydrogen) atoms. The maximum atomic E-state index is 13.1. The average Bonchev–Trinajstić information content (AvgIpc) is 3.52. The zero-order chi connectivity index (χ0) is 23.1. The van der Waals surface area contributed by atoms with Crippen LogP contribution < -0.4 is 0 Å². The first-order chi connectivity index (χ1) is 16.7. The second-order valence-electron chi connectivity index (χ2n) is 9.90. The third kappa shape index (κ3) is 4.11. The van der Waals surface area contributed by atoms with Gasteiger partial charge in [0.05, 0.1) is 0 Å². The van der Waals surface area contributed by atoms with E-state index in [4.69, 9.17) is 0 Å². The van der Waals surface area contributed by atoms with Crippen LogP contribution in [-0.2, 0) is 4.79 Å². The highest BCUT2D eigenvalue weighted by Gasteiger charge is 2.37. The van der Waals surface area contributed by atoms with Gasteiger partial charge >= 0.3 is 0 Å². The lowest BCUT2D eigenvalue weighted by atomic mass is 9.92. The smallest absolute Gasteiger partial charge is 0.253 e. The first-order valence-corrected chi connectivity index (χ1v) is 12.3. The number of hydrogen-bond acceptors (Lipinski definition) is 4. The summed E-state index contributed by atoms with van der Waals surface area (Å²) in [4.78, 5) is 30.0. The van der Waals surface area contributed by atoms with Gasteiger partial charge in [0.2, 0.25) is 5.91 Å². The number of rotatable bonds is 4. The van der Waals surface area contributed by atoms with Crippen molar-refractivity contribution in [2.75, 3.05) is 26.2 Å². The number of amides is 2. The van der Waals surface area contributed by atoms with E-state index in [0.29, 0.717) is 28.8 Å². The molecule has 0 spiro atoms. The second-order valence-corrected chi connectivity index (χ2v) is 9.90. The highest BCUT2D eigenvalue weighted by Crippen LogP contribution is 2.42. The summed E-state index contributed by atoms with van der Waals surface area (Å²) in [5.74, 6) is 1.70. The quantitative estimate of drug-likeness (QED) is 0.606. The number of aromatic amines is 1. The van der Waals surface area contributed by atoms with E-state index in [1.165, 1.54) is 24.0 Å². The van der Waals surface area contributed by atoms with Crippen molar-refractivity contribution < 1.29 is 9.59 Å². The number of nitrogens with zero attached hydrogens (tertiary/aromatic N) is 4. The second kappa shape index (κ2) is 8.70. The minimum atomic E-state index is 0.0585. The zero-order valence-corrected chi connectivity index (χ0v) is 19.2. The molecule has 1 saturated carbocycles. The number of nitrogens with one attached hydrogen (secondary N) is 1. The molecule has 0 bridgehead atoms. The van der Waals surface area contributed by atoms with Crippen molar-refractivity contribution >= 4 is 28.9 Å². The molecule has 1 N–H and O–H groups in total. The molecule has 174 valence electrons. The van der Waals surface area contributed by atoms with Gasteiger partial charge in [0.15, 0.2) is 0 Å². The molecular weight excluding hydrogens is 426 g/mol. The summed E-state index contributed by atoms with van der Waals surface area (Å²) in [6.07, 6.45) is 8.13. The highest BCUT2D eigenvalue weighted by atomic mass is 16.2. The Balaban J connectivity index is 1.07. The molecule has 2 atom stereocenters. The maximum Gasteiger partial charge on any atom is 0.253 e. The van der Waals surface area contributed by atoms with Crippen LogP contribution in [0, 0.1) is 11.8 Å². The van der Waals surface area contributed by atoms with Gasteiger partial charge in [0.25, 0.3) is 5.91 Å². The van der Waals surface area contributed by atoms with E-state index in [1.807, 2.05) is 40.1 Å². The molecule has 3 aliphatic rings. The first kappa shape index (κ1) is 21.1. The lowest BCUT2D eigenvalue weighted by Crippen LogP contribution is -2.33. The van der Waals surface area contributed by atoms with Crippen molar-refractivity contribution in [3.63, 3.8) is 0 Å². The van der Waals surface area contributed by atoms with Gasteiger partial charge < -0.3 is 9.80 Å². The Morgan fingerprint density at radius 3 is 2.38 bits per heavy atom. The van der Waals surface area contributed by atoms with Crippen LogP contribution in [0.2, 0.25) is 0 Å². The van der Waals surface area contributed by atoms with Crippen LogP contribution in [-0.4, -0.2) is 63.2 Å². The van der Waals surface area contributed by atoms with E-state index in [1.54, 1.807) is 6.08 Å². The number of H-pyrrole nitrogens is 1. The van der Waals surface area contributed by atoms with E-state index in [-0.39, 0.29) is 11.8 Å². The molecule has 0 unspecified atom stereocenters. The fourth-order valence-corrected chi connectivity index (χ4v) is 5.59. The summed E-state index contributed by atoms with van der Waals surface area (Å²) >= 11 is 0. The van der Waals surface area contributed by atoms with Gasteiger partial charge in [-0.1, -0.05) is 24.3 Å². The summed E-state index contributed by atoms with van der Waals surface area (Å²) in [5, 5.41) is 10.8. The summed E-state index contributed by atoms with van der Waals surface area (Å²) in [5.41, 5.74) is 4.66. The number of aromatic nitrogens is 3. The van der Waals surface area contributed by atoms with Crippen molar-refractivity contribution in [3.8, 4) is 0 Å². The summed E-state index contributed by atoms with van der Waals surface area (Å²) in [6.45, 7) is 3.02. The summed E-state index contributed by atoms with van der Waals surface area (Å²) < 4.78 is 0. The maximum absolute atomic E-state index is 13.1. The van der Waals surface area contributed by atoms with Crippen LogP contribution in [0.3, 0.4) is 0 Å². The zero-order valence-electron chi connectivity index (χ0n) is 19.2. The Morgan fingerprint density at radius 2 is 1.62 bits per heavy atom. The van der Waals surface area contributed by atoms with Crippen LogP contribution in [0.15, 0.2) is 48.5 Å². The molecular formula is C27H29N5O2. The number of fused-ring (bicyclic) bond motifs is 2. The predicted molar refractivity (Wildman–Crippen MR) is 130 cm³/mol. The van der Waals surface area contributed by atoms with Crippen molar-refractivity contribution in [2.24, 2.45) is 11.8 Å². The molecule has 3 fully saturated rings. The van der Waals surface area contributed by atoms with Gasteiger partial charge in [-0.25, -0.2) is 0 Å². The summed E-state index contributed by atoms with van der Waals surface area (Å²) in [7, 11) is 0. The van der Waals surface area contributed by atoms with Crippen molar-refractivity contribution in [1.29, 1.82) is 0 Å². The molecule has 1 aliphatic carbocycles. The SMILES string of the molecule is O=C(/C=C/c1ccccc1C1CC1)N1CC[C@@H]2CN(C(=O)c3ccc4n[nH]nc4c3)C[C@@H]2CC1. The largest absolute Gasteiger partial charge is 0.339 e. The van der Waals surface area contributed by atoms with Gasteiger partial charge in [-0.05, 0) is 78.8 Å². The fourth-order valence-electron chi connectivity index (χ4n) is 5.59. The van der Waals surface area contributed by atoms with Gasteiger partial charge in [0.1, 0.15) is 11.0 Å². The van der Waals surface area contributed by atoms with Crippen LogP contribution in [0.5, 0.6) is 0 Å². The molecule has 1 aromatic heterocycles. The third-order valence-corrected chi connectivity index (χ3v) is 7.70. The lowest BCUT2D eigenvalue weighted by molar-refractivity contribution is -0.126. The monoisotopic (exact) mass is 455 g/mol. The van der Waals surface area contributed by atoms with Crippen LogP contribution in [0.25, 0.3) is 17.1 Å². The number of benzene rings is 2. The van der Waals surface area contributed by atoms with Crippen LogP contribution >= 0.6 is 0 Å².